The summed E-state index contributed by atoms with van der Waals surface area (Å²) in [5.41, 5.74) is 3.13. The number of carbonyl (C=O) groups is 1. The van der Waals surface area contributed by atoms with Crippen molar-refractivity contribution in [1.82, 2.24) is 4.98 Å². The van der Waals surface area contributed by atoms with E-state index in [1.54, 1.807) is 12.1 Å². The van der Waals surface area contributed by atoms with Gasteiger partial charge in [-0.05, 0) is 48.7 Å². The molecule has 2 aromatic rings. The van der Waals surface area contributed by atoms with E-state index in [0.717, 1.165) is 21.4 Å². The molecule has 110 valence electrons. The molecule has 0 unspecified atom stereocenters. The van der Waals surface area contributed by atoms with Crippen molar-refractivity contribution in [2.75, 3.05) is 5.32 Å². The fourth-order valence-corrected chi connectivity index (χ4v) is 2.33. The van der Waals surface area contributed by atoms with Gasteiger partial charge < -0.3 is 5.32 Å². The Hall–Kier alpha value is -1.39. The van der Waals surface area contributed by atoms with Gasteiger partial charge in [0.1, 0.15) is 5.15 Å². The van der Waals surface area contributed by atoms with Crippen molar-refractivity contribution in [3.8, 4) is 0 Å². The maximum Gasteiger partial charge on any atom is 0.255 e. The molecule has 0 fully saturated rings. The largest absolute Gasteiger partial charge is 0.322 e. The Labute approximate surface area is 137 Å². The van der Waals surface area contributed by atoms with E-state index in [9.17, 15) is 4.79 Å². The molecule has 3 nitrogen and oxygen atoms in total. The third-order valence-electron chi connectivity index (χ3n) is 3.08. The second-order valence-corrected chi connectivity index (χ2v) is 6.42. The minimum absolute atomic E-state index is 0.192. The first-order chi connectivity index (χ1) is 9.86. The van der Waals surface area contributed by atoms with Crippen LogP contribution in [0, 0.1) is 6.92 Å². The number of carbonyl (C=O) groups excluding carboxylic acids is 1. The van der Waals surface area contributed by atoms with Crippen LogP contribution in [0.25, 0.3) is 0 Å². The van der Waals surface area contributed by atoms with Crippen molar-refractivity contribution >= 4 is 39.1 Å². The molecule has 0 aliphatic rings. The van der Waals surface area contributed by atoms with Gasteiger partial charge in [0.15, 0.2) is 0 Å². The minimum atomic E-state index is -0.192. The predicted octanol–water partition coefficient (Wildman–Crippen LogP) is 5.18. The number of rotatable bonds is 3. The van der Waals surface area contributed by atoms with E-state index in [1.165, 1.54) is 0 Å². The molecular formula is C16H16BrClN2O. The molecule has 0 aliphatic heterocycles. The highest BCUT2D eigenvalue weighted by molar-refractivity contribution is 9.10. The van der Waals surface area contributed by atoms with E-state index in [4.69, 9.17) is 11.6 Å². The zero-order valence-corrected chi connectivity index (χ0v) is 14.4. The standard InChI is InChI=1S/C16H16BrClN2O/c1-9(2)14-7-11(8-15(18)20-14)16(21)19-12-4-5-13(17)10(3)6-12/h4-9H,1-3H3,(H,19,21). The molecule has 1 heterocycles. The SMILES string of the molecule is Cc1cc(NC(=O)c2cc(Cl)nc(C(C)C)c2)ccc1Br. The fraction of sp³-hybridized carbons (Fsp3) is 0.250. The van der Waals surface area contributed by atoms with Crippen LogP contribution in [-0.2, 0) is 0 Å². The number of hydrogen-bond acceptors (Lipinski definition) is 2. The van der Waals surface area contributed by atoms with Crippen LogP contribution in [0.15, 0.2) is 34.8 Å². The van der Waals surface area contributed by atoms with E-state index in [0.29, 0.717) is 10.7 Å². The highest BCUT2D eigenvalue weighted by Gasteiger charge is 2.12. The molecular weight excluding hydrogens is 352 g/mol. The lowest BCUT2D eigenvalue weighted by Crippen LogP contribution is -2.13. The molecule has 5 heteroatoms. The number of anilines is 1. The minimum Gasteiger partial charge on any atom is -0.322 e. The van der Waals surface area contributed by atoms with Gasteiger partial charge in [0.05, 0.1) is 0 Å². The summed E-state index contributed by atoms with van der Waals surface area (Å²) in [5, 5.41) is 3.21. The number of aromatic nitrogens is 1. The van der Waals surface area contributed by atoms with Crippen molar-refractivity contribution in [2.24, 2.45) is 0 Å². The van der Waals surface area contributed by atoms with Gasteiger partial charge in [-0.25, -0.2) is 4.98 Å². The van der Waals surface area contributed by atoms with Crippen molar-refractivity contribution in [1.29, 1.82) is 0 Å². The highest BCUT2D eigenvalue weighted by Crippen LogP contribution is 2.22. The van der Waals surface area contributed by atoms with Gasteiger partial charge >= 0.3 is 0 Å². The number of aryl methyl sites for hydroxylation is 1. The molecule has 0 saturated carbocycles. The maximum atomic E-state index is 12.3. The first-order valence-electron chi connectivity index (χ1n) is 6.62. The Morgan fingerprint density at radius 1 is 1.29 bits per heavy atom. The molecule has 1 amide bonds. The van der Waals surface area contributed by atoms with Crippen LogP contribution >= 0.6 is 27.5 Å². The number of nitrogens with zero attached hydrogens (tertiary/aromatic N) is 1. The van der Waals surface area contributed by atoms with Gasteiger partial charge in [-0.15, -0.1) is 0 Å². The van der Waals surface area contributed by atoms with Crippen LogP contribution in [-0.4, -0.2) is 10.9 Å². The maximum absolute atomic E-state index is 12.3. The quantitative estimate of drug-likeness (QED) is 0.759. The van der Waals surface area contributed by atoms with Crippen LogP contribution in [0.3, 0.4) is 0 Å². The number of halogens is 2. The summed E-state index contributed by atoms with van der Waals surface area (Å²) >= 11 is 9.43. The number of benzene rings is 1. The van der Waals surface area contributed by atoms with Crippen molar-refractivity contribution in [3.05, 3.63) is 56.8 Å². The Morgan fingerprint density at radius 2 is 2.00 bits per heavy atom. The summed E-state index contributed by atoms with van der Waals surface area (Å²) in [6, 6.07) is 9.02. The molecule has 1 aromatic carbocycles. The van der Waals surface area contributed by atoms with Crippen LogP contribution in [0.4, 0.5) is 5.69 Å². The van der Waals surface area contributed by atoms with Crippen LogP contribution in [0.5, 0.6) is 0 Å². The fourth-order valence-electron chi connectivity index (χ4n) is 1.87. The van der Waals surface area contributed by atoms with E-state index in [1.807, 2.05) is 39.0 Å². The Bertz CT molecular complexity index is 686. The second-order valence-electron chi connectivity index (χ2n) is 5.18. The second kappa shape index (κ2) is 6.58. The predicted molar refractivity (Wildman–Crippen MR) is 90.2 cm³/mol. The monoisotopic (exact) mass is 366 g/mol. The molecule has 1 aromatic heterocycles. The summed E-state index contributed by atoms with van der Waals surface area (Å²) < 4.78 is 1.01. The lowest BCUT2D eigenvalue weighted by molar-refractivity contribution is 0.102. The lowest BCUT2D eigenvalue weighted by atomic mass is 10.1. The summed E-state index contributed by atoms with van der Waals surface area (Å²) in [4.78, 5) is 16.6. The van der Waals surface area contributed by atoms with E-state index in [2.05, 4.69) is 26.2 Å². The van der Waals surface area contributed by atoms with Crippen LogP contribution < -0.4 is 5.32 Å². The average Bonchev–Trinajstić information content (AvgIpc) is 2.42. The molecule has 2 rings (SSSR count). The van der Waals surface area contributed by atoms with E-state index in [-0.39, 0.29) is 11.8 Å². The number of pyridine rings is 1. The average molecular weight is 368 g/mol. The van der Waals surface area contributed by atoms with Gasteiger partial charge in [0.2, 0.25) is 0 Å². The smallest absolute Gasteiger partial charge is 0.255 e. The first-order valence-corrected chi connectivity index (χ1v) is 7.79. The molecule has 0 atom stereocenters. The highest BCUT2D eigenvalue weighted by atomic mass is 79.9. The van der Waals surface area contributed by atoms with Crippen molar-refractivity contribution in [3.63, 3.8) is 0 Å². The molecule has 0 aliphatic carbocycles. The zero-order chi connectivity index (χ0) is 15.6. The van der Waals surface area contributed by atoms with Gasteiger partial charge in [-0.3, -0.25) is 4.79 Å². The summed E-state index contributed by atoms with van der Waals surface area (Å²) in [6.07, 6.45) is 0. The van der Waals surface area contributed by atoms with Crippen LogP contribution in [0.2, 0.25) is 5.15 Å². The van der Waals surface area contributed by atoms with Crippen LogP contribution in [0.1, 0.15) is 41.4 Å². The third kappa shape index (κ3) is 4.05. The zero-order valence-electron chi connectivity index (χ0n) is 12.1. The Balaban J connectivity index is 2.25. The van der Waals surface area contributed by atoms with Gasteiger partial charge in [0.25, 0.3) is 5.91 Å². The summed E-state index contributed by atoms with van der Waals surface area (Å²) in [7, 11) is 0. The molecule has 21 heavy (non-hydrogen) atoms. The van der Waals surface area contributed by atoms with Crippen molar-refractivity contribution < 1.29 is 4.79 Å². The molecule has 0 saturated heterocycles. The lowest BCUT2D eigenvalue weighted by Gasteiger charge is -2.10. The first kappa shape index (κ1) is 16.0. The van der Waals surface area contributed by atoms with Gasteiger partial charge in [-0.1, -0.05) is 41.4 Å². The molecule has 0 radical (unpaired) electrons. The molecule has 0 bridgehead atoms. The Kier molecular flexibility index (Phi) is 5.01. The van der Waals surface area contributed by atoms with Gasteiger partial charge in [-0.2, -0.15) is 0 Å². The topological polar surface area (TPSA) is 42.0 Å². The normalized spacial score (nSPS) is 10.8. The number of hydrogen-bond donors (Lipinski definition) is 1. The Morgan fingerprint density at radius 3 is 2.62 bits per heavy atom. The molecule has 0 spiro atoms. The third-order valence-corrected chi connectivity index (χ3v) is 4.17. The van der Waals surface area contributed by atoms with Gasteiger partial charge in [0, 0.05) is 21.4 Å². The summed E-state index contributed by atoms with van der Waals surface area (Å²) in [6.45, 7) is 6.00. The van der Waals surface area contributed by atoms with Crippen molar-refractivity contribution in [2.45, 2.75) is 26.7 Å². The van der Waals surface area contributed by atoms with E-state index < -0.39 is 0 Å². The molecule has 1 N–H and O–H groups in total. The summed E-state index contributed by atoms with van der Waals surface area (Å²) in [5.74, 6) is 0.0214. The number of amides is 1. The number of nitrogens with one attached hydrogen (secondary N) is 1. The van der Waals surface area contributed by atoms with E-state index >= 15 is 0 Å².